The van der Waals surface area contributed by atoms with Gasteiger partial charge in [0.05, 0.1) is 4.90 Å². The van der Waals surface area contributed by atoms with Gasteiger partial charge in [0.1, 0.15) is 5.82 Å². The summed E-state index contributed by atoms with van der Waals surface area (Å²) in [4.78, 5) is 14.5. The van der Waals surface area contributed by atoms with E-state index in [9.17, 15) is 17.6 Å². The maximum Gasteiger partial charge on any atom is 0.253 e. The topological polar surface area (TPSA) is 66.5 Å². The maximum atomic E-state index is 13.0. The molecule has 1 aliphatic heterocycles. The van der Waals surface area contributed by atoms with Gasteiger partial charge in [0.15, 0.2) is 0 Å². The van der Waals surface area contributed by atoms with Crippen molar-refractivity contribution < 1.29 is 17.6 Å². The number of carbonyl (C=O) groups is 1. The minimum Gasteiger partial charge on any atom is -0.339 e. The quantitative estimate of drug-likeness (QED) is 0.829. The highest BCUT2D eigenvalue weighted by molar-refractivity contribution is 7.89. The van der Waals surface area contributed by atoms with Crippen LogP contribution in [0.2, 0.25) is 0 Å². The summed E-state index contributed by atoms with van der Waals surface area (Å²) < 4.78 is 40.5. The van der Waals surface area contributed by atoms with Crippen LogP contribution >= 0.6 is 0 Å². The van der Waals surface area contributed by atoms with Gasteiger partial charge in [0.25, 0.3) is 5.91 Å². The van der Waals surface area contributed by atoms with Crippen molar-refractivity contribution in [3.8, 4) is 0 Å². The van der Waals surface area contributed by atoms with E-state index in [1.165, 1.54) is 17.7 Å². The van der Waals surface area contributed by atoms with E-state index in [4.69, 9.17) is 0 Å². The van der Waals surface area contributed by atoms with Gasteiger partial charge in [-0.05, 0) is 60.7 Å². The normalized spacial score (nSPS) is 15.8. The number of carbonyl (C=O) groups excluding carboxylic acids is 1. The first-order chi connectivity index (χ1) is 13.3. The number of hydrogen-bond acceptors (Lipinski definition) is 3. The molecule has 3 rings (SSSR count). The van der Waals surface area contributed by atoms with Crippen LogP contribution in [0.4, 0.5) is 4.39 Å². The molecule has 0 saturated carbocycles. The number of likely N-dealkylation sites (tertiary alicyclic amines) is 1. The van der Waals surface area contributed by atoms with Crippen molar-refractivity contribution in [1.29, 1.82) is 0 Å². The molecule has 1 fully saturated rings. The van der Waals surface area contributed by atoms with Crippen molar-refractivity contribution in [3.05, 3.63) is 65.5 Å². The molecular formula is C21H25FN2O3S. The Morgan fingerprint density at radius 2 is 1.61 bits per heavy atom. The molecule has 1 heterocycles. The Bertz CT molecular complexity index is 917. The van der Waals surface area contributed by atoms with E-state index in [0.29, 0.717) is 37.4 Å². The first kappa shape index (κ1) is 20.5. The third-order valence-corrected chi connectivity index (χ3v) is 6.59. The van der Waals surface area contributed by atoms with Gasteiger partial charge < -0.3 is 4.90 Å². The van der Waals surface area contributed by atoms with Crippen LogP contribution in [0.15, 0.2) is 53.4 Å². The first-order valence-corrected chi connectivity index (χ1v) is 10.9. The molecular weight excluding hydrogens is 379 g/mol. The second-order valence-corrected chi connectivity index (χ2v) is 9.13. The summed E-state index contributed by atoms with van der Waals surface area (Å²) in [5.41, 5.74) is 1.83. The zero-order valence-corrected chi connectivity index (χ0v) is 16.9. The number of halogens is 1. The van der Waals surface area contributed by atoms with E-state index >= 15 is 0 Å². The number of nitrogens with one attached hydrogen (secondary N) is 1. The molecule has 28 heavy (non-hydrogen) atoms. The summed E-state index contributed by atoms with van der Waals surface area (Å²) in [6.45, 7) is 5.19. The third-order valence-electron chi connectivity index (χ3n) is 5.05. The van der Waals surface area contributed by atoms with Crippen molar-refractivity contribution in [2.24, 2.45) is 0 Å². The lowest BCUT2D eigenvalue weighted by molar-refractivity contribution is 0.0711. The lowest BCUT2D eigenvalue weighted by atomic mass is 10.0. The highest BCUT2D eigenvalue weighted by atomic mass is 32.2. The predicted molar refractivity (Wildman–Crippen MR) is 106 cm³/mol. The Balaban J connectivity index is 1.58. The van der Waals surface area contributed by atoms with E-state index < -0.39 is 15.8 Å². The number of piperidine rings is 1. The molecule has 7 heteroatoms. The van der Waals surface area contributed by atoms with Gasteiger partial charge in [-0.2, -0.15) is 0 Å². The molecule has 0 aliphatic carbocycles. The Labute approximate surface area is 165 Å². The van der Waals surface area contributed by atoms with Gasteiger partial charge in [-0.15, -0.1) is 0 Å². The fourth-order valence-electron chi connectivity index (χ4n) is 3.29. The Hall–Kier alpha value is -2.25. The number of hydrogen-bond donors (Lipinski definition) is 1. The van der Waals surface area contributed by atoms with Crippen LogP contribution in [0, 0.1) is 5.82 Å². The molecule has 1 aliphatic rings. The Kier molecular flexibility index (Phi) is 6.15. The first-order valence-electron chi connectivity index (χ1n) is 9.43. The number of nitrogens with zero attached hydrogens (tertiary/aromatic N) is 1. The van der Waals surface area contributed by atoms with E-state index in [1.807, 2.05) is 24.3 Å². The molecule has 5 nitrogen and oxygen atoms in total. The minimum absolute atomic E-state index is 0.0323. The largest absolute Gasteiger partial charge is 0.339 e. The fourth-order valence-corrected chi connectivity index (χ4v) is 4.60. The average molecular weight is 405 g/mol. The van der Waals surface area contributed by atoms with E-state index in [0.717, 1.165) is 12.1 Å². The van der Waals surface area contributed by atoms with E-state index in [1.54, 1.807) is 4.90 Å². The van der Waals surface area contributed by atoms with Crippen LogP contribution in [0.3, 0.4) is 0 Å². The molecule has 2 aromatic carbocycles. The molecule has 0 atom stereocenters. The highest BCUT2D eigenvalue weighted by Gasteiger charge is 2.27. The monoisotopic (exact) mass is 404 g/mol. The van der Waals surface area contributed by atoms with Gasteiger partial charge in [0, 0.05) is 24.7 Å². The number of sulfonamides is 1. The maximum absolute atomic E-state index is 13.0. The van der Waals surface area contributed by atoms with Crippen LogP contribution in [0.25, 0.3) is 0 Å². The minimum atomic E-state index is -3.70. The highest BCUT2D eigenvalue weighted by Crippen LogP contribution is 2.19. The molecule has 2 aromatic rings. The molecule has 1 amide bonds. The van der Waals surface area contributed by atoms with Crippen molar-refractivity contribution >= 4 is 15.9 Å². The van der Waals surface area contributed by atoms with Gasteiger partial charge in [-0.1, -0.05) is 26.0 Å². The zero-order chi connectivity index (χ0) is 20.3. The lowest BCUT2D eigenvalue weighted by Gasteiger charge is -2.32. The molecule has 1 saturated heterocycles. The van der Waals surface area contributed by atoms with Crippen molar-refractivity contribution in [2.45, 2.75) is 43.5 Å². The van der Waals surface area contributed by atoms with E-state index in [2.05, 4.69) is 18.6 Å². The molecule has 0 radical (unpaired) electrons. The van der Waals surface area contributed by atoms with Gasteiger partial charge >= 0.3 is 0 Å². The predicted octanol–water partition coefficient (Wildman–Crippen LogP) is 3.53. The van der Waals surface area contributed by atoms with Crippen molar-refractivity contribution in [2.75, 3.05) is 13.1 Å². The van der Waals surface area contributed by atoms with Gasteiger partial charge in [-0.3, -0.25) is 4.79 Å². The molecule has 0 spiro atoms. The van der Waals surface area contributed by atoms with Gasteiger partial charge in [-0.25, -0.2) is 17.5 Å². The Morgan fingerprint density at radius 3 is 2.14 bits per heavy atom. The molecule has 150 valence electrons. The molecule has 0 aromatic heterocycles. The van der Waals surface area contributed by atoms with Crippen LogP contribution in [0.1, 0.15) is 48.5 Å². The fraction of sp³-hybridized carbons (Fsp3) is 0.381. The summed E-state index contributed by atoms with van der Waals surface area (Å²) in [7, 11) is -3.70. The number of rotatable bonds is 5. The second-order valence-electron chi connectivity index (χ2n) is 7.42. The summed E-state index contributed by atoms with van der Waals surface area (Å²) in [6, 6.07) is 12.1. The average Bonchev–Trinajstić information content (AvgIpc) is 2.68. The summed E-state index contributed by atoms with van der Waals surface area (Å²) in [5.74, 6) is -0.101. The van der Waals surface area contributed by atoms with Crippen molar-refractivity contribution in [3.63, 3.8) is 0 Å². The van der Waals surface area contributed by atoms with Crippen LogP contribution in [0.5, 0.6) is 0 Å². The SMILES string of the molecule is CC(C)c1ccc(C(=O)N2CCC(NS(=O)(=O)c3ccc(F)cc3)CC2)cc1. The summed E-state index contributed by atoms with van der Waals surface area (Å²) >= 11 is 0. The second kappa shape index (κ2) is 8.41. The van der Waals surface area contributed by atoms with Crippen LogP contribution < -0.4 is 4.72 Å². The number of amides is 1. The third kappa shape index (κ3) is 4.77. The van der Waals surface area contributed by atoms with Crippen molar-refractivity contribution in [1.82, 2.24) is 9.62 Å². The molecule has 1 N–H and O–H groups in total. The van der Waals surface area contributed by atoms with Crippen LogP contribution in [-0.4, -0.2) is 38.4 Å². The van der Waals surface area contributed by atoms with Crippen LogP contribution in [-0.2, 0) is 10.0 Å². The molecule has 0 unspecified atom stereocenters. The lowest BCUT2D eigenvalue weighted by Crippen LogP contribution is -2.46. The van der Waals surface area contributed by atoms with Gasteiger partial charge in [0.2, 0.25) is 10.0 Å². The number of benzene rings is 2. The zero-order valence-electron chi connectivity index (χ0n) is 16.1. The van der Waals surface area contributed by atoms with E-state index in [-0.39, 0.29) is 16.8 Å². The summed E-state index contributed by atoms with van der Waals surface area (Å²) in [6.07, 6.45) is 1.08. The standard InChI is InChI=1S/C21H25FN2O3S/c1-15(2)16-3-5-17(6-4-16)21(25)24-13-11-19(12-14-24)23-28(26,27)20-9-7-18(22)8-10-20/h3-10,15,19,23H,11-14H2,1-2H3. The molecule has 0 bridgehead atoms. The smallest absolute Gasteiger partial charge is 0.253 e. The summed E-state index contributed by atoms with van der Waals surface area (Å²) in [5, 5.41) is 0. The Morgan fingerprint density at radius 1 is 1.04 bits per heavy atom.